The SMILES string of the molecule is CC1CC(C)CN(C(=O)CSc2nnc(CN3CCCCC3)n2-c2ccccc2C(F)(F)F)C1. The van der Waals surface area contributed by atoms with Gasteiger partial charge in [-0.05, 0) is 56.3 Å². The molecule has 1 aromatic heterocycles. The number of rotatable bonds is 6. The van der Waals surface area contributed by atoms with Crippen LogP contribution in [0, 0.1) is 11.8 Å². The summed E-state index contributed by atoms with van der Waals surface area (Å²) >= 11 is 1.16. The van der Waals surface area contributed by atoms with Gasteiger partial charge in [0.1, 0.15) is 0 Å². The Kier molecular flexibility index (Phi) is 7.87. The molecule has 1 amide bonds. The van der Waals surface area contributed by atoms with Crippen LogP contribution in [0.4, 0.5) is 13.2 Å². The molecule has 2 unspecified atom stereocenters. The summed E-state index contributed by atoms with van der Waals surface area (Å²) in [6.07, 6.45) is -0.121. The molecule has 2 aromatic rings. The Labute approximate surface area is 202 Å². The van der Waals surface area contributed by atoms with Crippen molar-refractivity contribution in [3.8, 4) is 5.69 Å². The molecule has 34 heavy (non-hydrogen) atoms. The largest absolute Gasteiger partial charge is 0.418 e. The number of carbonyl (C=O) groups excluding carboxylic acids is 1. The fourth-order valence-corrected chi connectivity index (χ4v) is 5.91. The molecule has 4 rings (SSSR count). The minimum Gasteiger partial charge on any atom is -0.341 e. The first-order valence-electron chi connectivity index (χ1n) is 12.0. The number of halogens is 3. The van der Waals surface area contributed by atoms with Crippen molar-refractivity contribution in [1.29, 1.82) is 0 Å². The second kappa shape index (κ2) is 10.7. The van der Waals surface area contributed by atoms with Crippen molar-refractivity contribution in [3.05, 3.63) is 35.7 Å². The number of likely N-dealkylation sites (tertiary alicyclic amines) is 2. The van der Waals surface area contributed by atoms with E-state index >= 15 is 0 Å². The molecule has 0 radical (unpaired) electrons. The third-order valence-electron chi connectivity index (χ3n) is 6.51. The zero-order valence-corrected chi connectivity index (χ0v) is 20.5. The number of hydrogen-bond acceptors (Lipinski definition) is 5. The maximum Gasteiger partial charge on any atom is 0.418 e. The van der Waals surface area contributed by atoms with Crippen molar-refractivity contribution in [2.75, 3.05) is 31.9 Å². The van der Waals surface area contributed by atoms with Crippen LogP contribution in [-0.4, -0.2) is 62.4 Å². The zero-order chi connectivity index (χ0) is 24.3. The fraction of sp³-hybridized carbons (Fsp3) is 0.625. The number of para-hydroxylation sites is 1. The van der Waals surface area contributed by atoms with Crippen LogP contribution in [-0.2, 0) is 17.5 Å². The van der Waals surface area contributed by atoms with Crippen LogP contribution in [0.3, 0.4) is 0 Å². The number of piperidine rings is 2. The summed E-state index contributed by atoms with van der Waals surface area (Å²) in [5.41, 5.74) is -0.733. The second-order valence-corrected chi connectivity index (χ2v) is 10.6. The van der Waals surface area contributed by atoms with Gasteiger partial charge in [-0.15, -0.1) is 10.2 Å². The van der Waals surface area contributed by atoms with Crippen molar-refractivity contribution < 1.29 is 18.0 Å². The van der Waals surface area contributed by atoms with Crippen LogP contribution in [0.2, 0.25) is 0 Å². The molecule has 2 atom stereocenters. The molecule has 2 aliphatic rings. The predicted molar refractivity (Wildman–Crippen MR) is 126 cm³/mol. The topological polar surface area (TPSA) is 54.3 Å². The second-order valence-electron chi connectivity index (χ2n) is 9.62. The number of alkyl halides is 3. The van der Waals surface area contributed by atoms with E-state index in [-0.39, 0.29) is 17.3 Å². The Balaban J connectivity index is 1.61. The molecule has 0 bridgehead atoms. The quantitative estimate of drug-likeness (QED) is 0.536. The third-order valence-corrected chi connectivity index (χ3v) is 7.42. The number of hydrogen-bond donors (Lipinski definition) is 0. The van der Waals surface area contributed by atoms with E-state index in [0.717, 1.165) is 56.6 Å². The molecule has 2 fully saturated rings. The number of thioether (sulfide) groups is 1. The predicted octanol–water partition coefficient (Wildman–Crippen LogP) is 4.87. The monoisotopic (exact) mass is 495 g/mol. The molecule has 1 aromatic carbocycles. The van der Waals surface area contributed by atoms with E-state index in [1.165, 1.54) is 16.7 Å². The van der Waals surface area contributed by atoms with Gasteiger partial charge >= 0.3 is 6.18 Å². The molecule has 0 N–H and O–H groups in total. The van der Waals surface area contributed by atoms with Crippen molar-refractivity contribution in [2.24, 2.45) is 11.8 Å². The standard InChI is InChI=1S/C24H32F3N5OS/c1-17-12-18(2)14-31(13-17)22(33)16-34-23-29-28-21(15-30-10-6-3-7-11-30)32(23)20-9-5-4-8-19(20)24(25,26)27/h4-5,8-9,17-18H,3,6-7,10-16H2,1-2H3. The lowest BCUT2D eigenvalue weighted by Crippen LogP contribution is -2.43. The Hall–Kier alpha value is -2.07. The summed E-state index contributed by atoms with van der Waals surface area (Å²) < 4.78 is 43.1. The average molecular weight is 496 g/mol. The number of amides is 1. The van der Waals surface area contributed by atoms with Gasteiger partial charge in [0.25, 0.3) is 0 Å². The van der Waals surface area contributed by atoms with E-state index in [1.807, 2.05) is 4.90 Å². The van der Waals surface area contributed by atoms with E-state index in [0.29, 0.717) is 42.5 Å². The molecule has 186 valence electrons. The number of carbonyl (C=O) groups is 1. The average Bonchev–Trinajstić information content (AvgIpc) is 3.19. The fourth-order valence-electron chi connectivity index (χ4n) is 5.05. The van der Waals surface area contributed by atoms with E-state index in [1.54, 1.807) is 6.07 Å². The lowest BCUT2D eigenvalue weighted by Gasteiger charge is -2.35. The van der Waals surface area contributed by atoms with Crippen molar-refractivity contribution in [2.45, 2.75) is 57.4 Å². The van der Waals surface area contributed by atoms with E-state index in [4.69, 9.17) is 0 Å². The lowest BCUT2D eigenvalue weighted by atomic mass is 9.92. The molecular formula is C24H32F3N5OS. The number of benzene rings is 1. The van der Waals surface area contributed by atoms with Crippen LogP contribution in [0.15, 0.2) is 29.4 Å². The van der Waals surface area contributed by atoms with Gasteiger partial charge in [0.2, 0.25) is 5.91 Å². The van der Waals surface area contributed by atoms with Crippen LogP contribution in [0.5, 0.6) is 0 Å². The van der Waals surface area contributed by atoms with Gasteiger partial charge in [-0.1, -0.05) is 44.2 Å². The summed E-state index contributed by atoms with van der Waals surface area (Å²) in [6, 6.07) is 5.50. The van der Waals surface area contributed by atoms with E-state index < -0.39 is 11.7 Å². The first-order valence-corrected chi connectivity index (χ1v) is 12.9. The molecule has 3 heterocycles. The van der Waals surface area contributed by atoms with E-state index in [9.17, 15) is 18.0 Å². The Morgan fingerprint density at radius 3 is 2.41 bits per heavy atom. The summed E-state index contributed by atoms with van der Waals surface area (Å²) in [5, 5.41) is 8.84. The number of nitrogens with zero attached hydrogens (tertiary/aromatic N) is 5. The van der Waals surface area contributed by atoms with Crippen molar-refractivity contribution in [3.63, 3.8) is 0 Å². The molecule has 0 spiro atoms. The van der Waals surface area contributed by atoms with Gasteiger partial charge in [0.15, 0.2) is 11.0 Å². The van der Waals surface area contributed by atoms with Crippen LogP contribution in [0.25, 0.3) is 5.69 Å². The highest BCUT2D eigenvalue weighted by Crippen LogP contribution is 2.36. The van der Waals surface area contributed by atoms with Gasteiger partial charge in [-0.2, -0.15) is 13.2 Å². The van der Waals surface area contributed by atoms with Crippen LogP contribution >= 0.6 is 11.8 Å². The first-order chi connectivity index (χ1) is 16.2. The summed E-state index contributed by atoms with van der Waals surface area (Å²) in [7, 11) is 0. The van der Waals surface area contributed by atoms with Crippen LogP contribution < -0.4 is 0 Å². The molecule has 0 aliphatic carbocycles. The maximum absolute atomic E-state index is 13.9. The third kappa shape index (κ3) is 5.94. The first kappa shape index (κ1) is 25.0. The molecule has 2 saturated heterocycles. The smallest absolute Gasteiger partial charge is 0.341 e. The minimum absolute atomic E-state index is 0.00201. The Bertz CT molecular complexity index is 979. The maximum atomic E-state index is 13.9. The molecule has 10 heteroatoms. The molecule has 2 aliphatic heterocycles. The van der Waals surface area contributed by atoms with Crippen LogP contribution in [0.1, 0.15) is 50.9 Å². The summed E-state index contributed by atoms with van der Waals surface area (Å²) in [4.78, 5) is 17.0. The van der Waals surface area contributed by atoms with E-state index in [2.05, 4.69) is 28.9 Å². The molecule has 0 saturated carbocycles. The summed E-state index contributed by atoms with van der Waals surface area (Å²) in [5.74, 6) is 1.45. The lowest BCUT2D eigenvalue weighted by molar-refractivity contribution is -0.137. The highest BCUT2D eigenvalue weighted by Gasteiger charge is 2.35. The van der Waals surface area contributed by atoms with Crippen molar-refractivity contribution in [1.82, 2.24) is 24.6 Å². The zero-order valence-electron chi connectivity index (χ0n) is 19.7. The summed E-state index contributed by atoms with van der Waals surface area (Å²) in [6.45, 7) is 7.91. The Morgan fingerprint density at radius 1 is 1.06 bits per heavy atom. The van der Waals surface area contributed by atoms with Crippen molar-refractivity contribution >= 4 is 17.7 Å². The highest BCUT2D eigenvalue weighted by atomic mass is 32.2. The minimum atomic E-state index is -4.51. The van der Waals surface area contributed by atoms with Gasteiger partial charge in [-0.25, -0.2) is 0 Å². The normalized spacial score (nSPS) is 22.2. The van der Waals surface area contributed by atoms with Gasteiger partial charge < -0.3 is 4.90 Å². The molecular weight excluding hydrogens is 463 g/mol. The molecule has 6 nitrogen and oxygen atoms in total. The van der Waals surface area contributed by atoms with Gasteiger partial charge in [-0.3, -0.25) is 14.3 Å². The number of aromatic nitrogens is 3. The highest BCUT2D eigenvalue weighted by molar-refractivity contribution is 7.99. The van der Waals surface area contributed by atoms with Gasteiger partial charge in [0, 0.05) is 13.1 Å². The van der Waals surface area contributed by atoms with Gasteiger partial charge in [0.05, 0.1) is 23.5 Å². The Morgan fingerprint density at radius 2 is 1.74 bits per heavy atom.